The molecule has 1 aromatic carbocycles. The molecule has 0 aromatic heterocycles. The van der Waals surface area contributed by atoms with Gasteiger partial charge in [-0.05, 0) is 17.7 Å². The summed E-state index contributed by atoms with van der Waals surface area (Å²) in [6, 6.07) is 7.02. The number of carbonyl (C=O) groups is 1. The van der Waals surface area contributed by atoms with Gasteiger partial charge in [0.2, 0.25) is 6.30 Å². The van der Waals surface area contributed by atoms with Crippen LogP contribution in [0.15, 0.2) is 102 Å². The Morgan fingerprint density at radius 2 is 1.54 bits per heavy atom. The minimum absolute atomic E-state index is 0.153. The van der Waals surface area contributed by atoms with E-state index in [1.165, 1.54) is 12.4 Å². The Morgan fingerprint density at radius 3 is 2.21 bits per heavy atom. The SMILES string of the molecule is O=C(ON1C=CC=CC=CC=CC=CC=CC=N1)N1Cc2ccccc2C1F. The summed E-state index contributed by atoms with van der Waals surface area (Å²) in [5.74, 6) is 0. The third-order valence-corrected chi connectivity index (χ3v) is 3.92. The lowest BCUT2D eigenvalue weighted by molar-refractivity contribution is -0.0829. The van der Waals surface area contributed by atoms with Gasteiger partial charge < -0.3 is 0 Å². The van der Waals surface area contributed by atoms with E-state index in [9.17, 15) is 9.18 Å². The maximum absolute atomic E-state index is 14.6. The zero-order valence-corrected chi connectivity index (χ0v) is 15.1. The fourth-order valence-electron chi connectivity index (χ4n) is 2.58. The predicted octanol–water partition coefficient (Wildman–Crippen LogP) is 5.12. The van der Waals surface area contributed by atoms with Crippen LogP contribution in [0.1, 0.15) is 17.4 Å². The standard InChI is InChI=1S/C22H20FN3O2/c23-21-20-15-11-10-14-19(20)18-25(21)22(27)28-26-17-13-9-7-5-3-1-2-4-6-8-12-16-24-26/h1-17,21H,18H2. The van der Waals surface area contributed by atoms with Gasteiger partial charge in [0.25, 0.3) is 0 Å². The van der Waals surface area contributed by atoms with Crippen LogP contribution in [-0.4, -0.2) is 22.4 Å². The van der Waals surface area contributed by atoms with Crippen LogP contribution < -0.4 is 0 Å². The van der Waals surface area contributed by atoms with Gasteiger partial charge in [0, 0.05) is 5.56 Å². The summed E-state index contributed by atoms with van der Waals surface area (Å²) in [6.07, 6.45) is 20.6. The second-order valence-corrected chi connectivity index (χ2v) is 5.85. The Kier molecular flexibility index (Phi) is 6.73. The average molecular weight is 377 g/mol. The molecule has 5 nitrogen and oxygen atoms in total. The molecule has 0 radical (unpaired) electrons. The Bertz CT molecular complexity index is 861. The van der Waals surface area contributed by atoms with Crippen LogP contribution in [0.5, 0.6) is 0 Å². The summed E-state index contributed by atoms with van der Waals surface area (Å²) in [6.45, 7) is 0.153. The van der Waals surface area contributed by atoms with E-state index in [-0.39, 0.29) is 6.54 Å². The number of hydrogen-bond acceptors (Lipinski definition) is 4. The van der Waals surface area contributed by atoms with E-state index >= 15 is 0 Å². The van der Waals surface area contributed by atoms with E-state index in [1.807, 2.05) is 48.6 Å². The highest BCUT2D eigenvalue weighted by Gasteiger charge is 2.35. The first kappa shape index (κ1) is 19.1. The lowest BCUT2D eigenvalue weighted by Crippen LogP contribution is -2.32. The van der Waals surface area contributed by atoms with Crippen molar-refractivity contribution in [2.45, 2.75) is 12.8 Å². The van der Waals surface area contributed by atoms with Crippen LogP contribution >= 0.6 is 0 Å². The van der Waals surface area contributed by atoms with Gasteiger partial charge in [-0.3, -0.25) is 9.74 Å². The second kappa shape index (κ2) is 9.87. The summed E-state index contributed by atoms with van der Waals surface area (Å²) in [5.41, 5.74) is 1.25. The van der Waals surface area contributed by atoms with E-state index in [1.54, 1.807) is 42.5 Å². The minimum atomic E-state index is -1.54. The first-order valence-electron chi connectivity index (χ1n) is 8.79. The zero-order chi connectivity index (χ0) is 19.6. The Morgan fingerprint density at radius 1 is 0.929 bits per heavy atom. The maximum atomic E-state index is 14.6. The van der Waals surface area contributed by atoms with Crippen molar-refractivity contribution in [3.63, 3.8) is 0 Å². The molecule has 0 aliphatic carbocycles. The molecule has 0 N–H and O–H groups in total. The molecule has 0 bridgehead atoms. The first-order chi connectivity index (χ1) is 13.8. The first-order valence-corrected chi connectivity index (χ1v) is 8.79. The Hall–Kier alpha value is -3.67. The van der Waals surface area contributed by atoms with Crippen LogP contribution in [0.2, 0.25) is 0 Å². The molecule has 6 heteroatoms. The average Bonchev–Trinajstić information content (AvgIpc) is 3.03. The summed E-state index contributed by atoms with van der Waals surface area (Å²) in [4.78, 5) is 18.7. The van der Waals surface area contributed by atoms with E-state index in [0.29, 0.717) is 5.56 Å². The number of rotatable bonds is 1. The number of amides is 1. The number of benzene rings is 1. The van der Waals surface area contributed by atoms with Crippen molar-refractivity contribution in [3.05, 3.63) is 108 Å². The molecule has 0 fully saturated rings. The molecule has 0 spiro atoms. The Balaban J connectivity index is 1.70. The molecule has 1 unspecified atom stereocenters. The molecule has 0 saturated carbocycles. The van der Waals surface area contributed by atoms with Crippen LogP contribution in [0.3, 0.4) is 0 Å². The summed E-state index contributed by atoms with van der Waals surface area (Å²) >= 11 is 0. The summed E-state index contributed by atoms with van der Waals surface area (Å²) in [7, 11) is 0. The van der Waals surface area contributed by atoms with Gasteiger partial charge in [-0.25, -0.2) is 9.18 Å². The minimum Gasteiger partial charge on any atom is -0.299 e. The largest absolute Gasteiger partial charge is 0.438 e. The number of hydrogen-bond donors (Lipinski definition) is 0. The third kappa shape index (κ3) is 5.17. The second-order valence-electron chi connectivity index (χ2n) is 5.85. The lowest BCUT2D eigenvalue weighted by atomic mass is 10.1. The number of fused-ring (bicyclic) bond motifs is 1. The fourth-order valence-corrected chi connectivity index (χ4v) is 2.58. The number of hydrazone groups is 1. The van der Waals surface area contributed by atoms with Crippen molar-refractivity contribution in [1.29, 1.82) is 0 Å². The fraction of sp³-hybridized carbons (Fsp3) is 0.0909. The van der Waals surface area contributed by atoms with Crippen LogP contribution in [0, 0.1) is 0 Å². The van der Waals surface area contributed by atoms with Crippen LogP contribution in [0.25, 0.3) is 0 Å². The van der Waals surface area contributed by atoms with Crippen molar-refractivity contribution in [3.8, 4) is 0 Å². The summed E-state index contributed by atoms with van der Waals surface area (Å²) < 4.78 is 14.6. The monoisotopic (exact) mass is 377 g/mol. The molecular weight excluding hydrogens is 357 g/mol. The van der Waals surface area contributed by atoms with Gasteiger partial charge in [-0.15, -0.1) is 5.10 Å². The smallest absolute Gasteiger partial charge is 0.299 e. The van der Waals surface area contributed by atoms with Gasteiger partial charge in [0.1, 0.15) is 0 Å². The van der Waals surface area contributed by atoms with Gasteiger partial charge in [0.15, 0.2) is 0 Å². The molecule has 0 saturated heterocycles. The van der Waals surface area contributed by atoms with E-state index in [4.69, 9.17) is 4.84 Å². The number of carbonyl (C=O) groups excluding carboxylic acids is 1. The third-order valence-electron chi connectivity index (χ3n) is 3.92. The number of nitrogens with zero attached hydrogens (tertiary/aromatic N) is 3. The molecular formula is C22H20FN3O2. The number of allylic oxidation sites excluding steroid dienone is 11. The zero-order valence-electron chi connectivity index (χ0n) is 15.1. The molecule has 142 valence electrons. The van der Waals surface area contributed by atoms with Crippen molar-refractivity contribution in [2.24, 2.45) is 5.10 Å². The number of hydroxylamine groups is 1. The molecule has 2 aliphatic rings. The Labute approximate surface area is 163 Å². The number of halogens is 1. The van der Waals surface area contributed by atoms with Gasteiger partial charge in [-0.1, -0.05) is 84.1 Å². The van der Waals surface area contributed by atoms with Gasteiger partial charge >= 0.3 is 6.09 Å². The number of alkyl halides is 1. The molecule has 1 amide bonds. The topological polar surface area (TPSA) is 45.1 Å². The predicted molar refractivity (Wildman–Crippen MR) is 107 cm³/mol. The molecule has 1 atom stereocenters. The highest BCUT2D eigenvalue weighted by Crippen LogP contribution is 2.34. The molecule has 2 heterocycles. The van der Waals surface area contributed by atoms with Crippen LogP contribution in [0.4, 0.5) is 9.18 Å². The quantitative estimate of drug-likeness (QED) is 0.638. The van der Waals surface area contributed by atoms with E-state index in [0.717, 1.165) is 15.6 Å². The van der Waals surface area contributed by atoms with Gasteiger partial charge in [-0.2, -0.15) is 0 Å². The normalized spacial score (nSPS) is 18.8. The highest BCUT2D eigenvalue weighted by atomic mass is 19.1. The van der Waals surface area contributed by atoms with Crippen molar-refractivity contribution >= 4 is 12.3 Å². The molecule has 28 heavy (non-hydrogen) atoms. The van der Waals surface area contributed by atoms with Crippen molar-refractivity contribution < 1.29 is 14.0 Å². The highest BCUT2D eigenvalue weighted by molar-refractivity contribution is 5.72. The molecule has 2 aliphatic heterocycles. The molecule has 1 aromatic rings. The van der Waals surface area contributed by atoms with E-state index < -0.39 is 12.4 Å². The summed E-state index contributed by atoms with van der Waals surface area (Å²) in [5, 5.41) is 5.06. The van der Waals surface area contributed by atoms with Crippen molar-refractivity contribution in [1.82, 2.24) is 10.1 Å². The lowest BCUT2D eigenvalue weighted by Gasteiger charge is -2.21. The van der Waals surface area contributed by atoms with Crippen molar-refractivity contribution in [2.75, 3.05) is 0 Å². The maximum Gasteiger partial charge on any atom is 0.438 e. The van der Waals surface area contributed by atoms with E-state index in [2.05, 4.69) is 5.10 Å². The van der Waals surface area contributed by atoms with Crippen LogP contribution in [-0.2, 0) is 11.4 Å². The van der Waals surface area contributed by atoms with Gasteiger partial charge in [0.05, 0.1) is 19.0 Å². The molecule has 3 rings (SSSR count).